The van der Waals surface area contributed by atoms with Crippen LogP contribution >= 0.6 is 0 Å². The highest BCUT2D eigenvalue weighted by Crippen LogP contribution is 2.16. The predicted molar refractivity (Wildman–Crippen MR) is 125 cm³/mol. The van der Waals surface area contributed by atoms with Crippen LogP contribution in [0, 0.1) is 0 Å². The molecule has 0 saturated carbocycles. The fourth-order valence-corrected chi connectivity index (χ4v) is 3.80. The lowest BCUT2D eigenvalue weighted by Gasteiger charge is -2.15. The molecular formula is C26H26N4O2. The third-order valence-electron chi connectivity index (χ3n) is 5.45. The Labute approximate surface area is 186 Å². The second kappa shape index (κ2) is 10.0. The van der Waals surface area contributed by atoms with Crippen LogP contribution < -0.4 is 10.9 Å². The average molecular weight is 427 g/mol. The summed E-state index contributed by atoms with van der Waals surface area (Å²) < 4.78 is 1.27. The molecule has 4 rings (SSSR count). The number of carbonyl (C=O) groups excluding carboxylic acids is 1. The van der Waals surface area contributed by atoms with Gasteiger partial charge in [0.1, 0.15) is 6.54 Å². The van der Waals surface area contributed by atoms with Gasteiger partial charge in [-0.25, -0.2) is 4.68 Å². The monoisotopic (exact) mass is 426 g/mol. The molecule has 0 radical (unpaired) electrons. The van der Waals surface area contributed by atoms with E-state index in [9.17, 15) is 9.59 Å². The third kappa shape index (κ3) is 5.27. The van der Waals surface area contributed by atoms with Crippen LogP contribution in [0.25, 0.3) is 10.8 Å². The number of pyridine rings is 1. The second-order valence-electron chi connectivity index (χ2n) is 7.99. The van der Waals surface area contributed by atoms with Crippen molar-refractivity contribution < 1.29 is 4.79 Å². The number of aromatic nitrogens is 3. The summed E-state index contributed by atoms with van der Waals surface area (Å²) in [6, 6.07) is 21.4. The number of nitrogens with one attached hydrogen (secondary N) is 1. The number of nitrogens with zero attached hydrogens (tertiary/aromatic N) is 3. The first-order valence-electron chi connectivity index (χ1n) is 10.8. The van der Waals surface area contributed by atoms with Crippen molar-refractivity contribution in [2.45, 2.75) is 38.8 Å². The van der Waals surface area contributed by atoms with E-state index in [1.54, 1.807) is 18.5 Å². The standard InChI is InChI=1S/C26H26N4O2/c1-19(13-14-20-8-3-2-4-9-20)28-25(31)18-30-26(32)23-12-6-5-11-22(23)24(29-30)16-21-10-7-15-27-17-21/h2-12,15,17,19H,13-14,16,18H2,1H3,(H,28,31)/t19-/m1/s1. The zero-order valence-electron chi connectivity index (χ0n) is 18.1. The molecule has 2 aromatic carbocycles. The first-order valence-corrected chi connectivity index (χ1v) is 10.8. The summed E-state index contributed by atoms with van der Waals surface area (Å²) in [4.78, 5) is 29.8. The average Bonchev–Trinajstić information content (AvgIpc) is 2.82. The lowest BCUT2D eigenvalue weighted by molar-refractivity contribution is -0.122. The zero-order valence-corrected chi connectivity index (χ0v) is 18.1. The molecule has 0 aliphatic carbocycles. The molecule has 0 fully saturated rings. The first-order chi connectivity index (χ1) is 15.6. The van der Waals surface area contributed by atoms with E-state index in [1.807, 2.05) is 55.5 Å². The first kappa shape index (κ1) is 21.4. The number of hydrogen-bond donors (Lipinski definition) is 1. The second-order valence-corrected chi connectivity index (χ2v) is 7.99. The predicted octanol–water partition coefficient (Wildman–Crippen LogP) is 3.52. The van der Waals surface area contributed by atoms with Crippen molar-refractivity contribution in [2.75, 3.05) is 0 Å². The SMILES string of the molecule is C[C@H](CCc1ccccc1)NC(=O)Cn1nc(Cc2cccnc2)c2ccccc2c1=O. The molecule has 162 valence electrons. The van der Waals surface area contributed by atoms with Crippen molar-refractivity contribution in [1.29, 1.82) is 0 Å². The van der Waals surface area contributed by atoms with Crippen molar-refractivity contribution in [3.05, 3.63) is 106 Å². The van der Waals surface area contributed by atoms with Crippen LogP contribution in [0.4, 0.5) is 0 Å². The molecule has 0 bridgehead atoms. The van der Waals surface area contributed by atoms with Gasteiger partial charge < -0.3 is 5.32 Å². The Kier molecular flexibility index (Phi) is 6.70. The van der Waals surface area contributed by atoms with Gasteiger partial charge in [0.15, 0.2) is 0 Å². The van der Waals surface area contributed by atoms with Gasteiger partial charge in [0.25, 0.3) is 5.56 Å². The maximum atomic E-state index is 13.0. The van der Waals surface area contributed by atoms with Gasteiger partial charge in [-0.15, -0.1) is 0 Å². The number of carbonyl (C=O) groups is 1. The molecule has 32 heavy (non-hydrogen) atoms. The lowest BCUT2D eigenvalue weighted by Crippen LogP contribution is -2.38. The highest BCUT2D eigenvalue weighted by atomic mass is 16.2. The maximum Gasteiger partial charge on any atom is 0.275 e. The minimum atomic E-state index is -0.261. The molecule has 0 saturated heterocycles. The van der Waals surface area contributed by atoms with Gasteiger partial charge in [0.05, 0.1) is 11.1 Å². The molecule has 1 N–H and O–H groups in total. The summed E-state index contributed by atoms with van der Waals surface area (Å²) in [6.07, 6.45) is 5.74. The van der Waals surface area contributed by atoms with Crippen LogP contribution in [0.3, 0.4) is 0 Å². The largest absolute Gasteiger partial charge is 0.352 e. The van der Waals surface area contributed by atoms with Crippen LogP contribution in [-0.2, 0) is 24.2 Å². The quantitative estimate of drug-likeness (QED) is 0.468. The normalized spacial score (nSPS) is 11.9. The smallest absolute Gasteiger partial charge is 0.275 e. The number of amides is 1. The van der Waals surface area contributed by atoms with Crippen LogP contribution in [0.1, 0.15) is 30.2 Å². The van der Waals surface area contributed by atoms with E-state index < -0.39 is 0 Å². The van der Waals surface area contributed by atoms with Gasteiger partial charge in [-0.3, -0.25) is 14.6 Å². The molecule has 1 atom stereocenters. The van der Waals surface area contributed by atoms with E-state index in [1.165, 1.54) is 10.2 Å². The van der Waals surface area contributed by atoms with Gasteiger partial charge in [-0.1, -0.05) is 54.6 Å². The van der Waals surface area contributed by atoms with Gasteiger partial charge in [-0.2, -0.15) is 5.10 Å². The van der Waals surface area contributed by atoms with Crippen molar-refractivity contribution in [1.82, 2.24) is 20.1 Å². The van der Waals surface area contributed by atoms with E-state index in [-0.39, 0.29) is 24.1 Å². The molecule has 6 heteroatoms. The molecule has 2 heterocycles. The molecule has 4 aromatic rings. The molecule has 0 spiro atoms. The molecular weight excluding hydrogens is 400 g/mol. The summed E-state index contributed by atoms with van der Waals surface area (Å²) in [6.45, 7) is 1.87. The Bertz CT molecular complexity index is 1250. The molecule has 2 aromatic heterocycles. The number of aryl methyl sites for hydroxylation is 1. The van der Waals surface area contributed by atoms with E-state index in [0.29, 0.717) is 11.8 Å². The van der Waals surface area contributed by atoms with Gasteiger partial charge in [0, 0.05) is 30.2 Å². The van der Waals surface area contributed by atoms with E-state index in [0.717, 1.165) is 29.5 Å². The molecule has 1 amide bonds. The Morgan fingerprint density at radius 2 is 1.69 bits per heavy atom. The number of benzene rings is 2. The molecule has 0 aliphatic rings. The molecule has 6 nitrogen and oxygen atoms in total. The van der Waals surface area contributed by atoms with Crippen LogP contribution in [0.2, 0.25) is 0 Å². The highest BCUT2D eigenvalue weighted by Gasteiger charge is 2.15. The summed E-state index contributed by atoms with van der Waals surface area (Å²) in [5.41, 5.74) is 2.72. The Balaban J connectivity index is 1.50. The van der Waals surface area contributed by atoms with Crippen LogP contribution in [0.15, 0.2) is 83.9 Å². The van der Waals surface area contributed by atoms with E-state index in [4.69, 9.17) is 0 Å². The summed E-state index contributed by atoms with van der Waals surface area (Å²) >= 11 is 0. The minimum absolute atomic E-state index is 0.00581. The van der Waals surface area contributed by atoms with Crippen LogP contribution in [-0.4, -0.2) is 26.7 Å². The fraction of sp³-hybridized carbons (Fsp3) is 0.231. The maximum absolute atomic E-state index is 13.0. The van der Waals surface area contributed by atoms with E-state index in [2.05, 4.69) is 27.5 Å². The topological polar surface area (TPSA) is 76.9 Å². The summed E-state index contributed by atoms with van der Waals surface area (Å²) in [5.74, 6) is -0.220. The number of rotatable bonds is 8. The van der Waals surface area contributed by atoms with E-state index >= 15 is 0 Å². The van der Waals surface area contributed by atoms with Crippen molar-refractivity contribution in [3.63, 3.8) is 0 Å². The number of fused-ring (bicyclic) bond motifs is 1. The third-order valence-corrected chi connectivity index (χ3v) is 5.45. The Morgan fingerprint density at radius 1 is 0.969 bits per heavy atom. The van der Waals surface area contributed by atoms with Crippen molar-refractivity contribution in [3.8, 4) is 0 Å². The summed E-state index contributed by atoms with van der Waals surface area (Å²) in [5, 5.41) is 8.91. The van der Waals surface area contributed by atoms with Gasteiger partial charge >= 0.3 is 0 Å². The Hall–Kier alpha value is -3.80. The Morgan fingerprint density at radius 3 is 2.44 bits per heavy atom. The molecule has 0 unspecified atom stereocenters. The zero-order chi connectivity index (χ0) is 22.3. The number of hydrogen-bond acceptors (Lipinski definition) is 4. The van der Waals surface area contributed by atoms with Crippen molar-refractivity contribution >= 4 is 16.7 Å². The molecule has 0 aliphatic heterocycles. The fourth-order valence-electron chi connectivity index (χ4n) is 3.80. The summed E-state index contributed by atoms with van der Waals surface area (Å²) in [7, 11) is 0. The van der Waals surface area contributed by atoms with Gasteiger partial charge in [0.2, 0.25) is 5.91 Å². The van der Waals surface area contributed by atoms with Crippen LogP contribution in [0.5, 0.6) is 0 Å². The van der Waals surface area contributed by atoms with Crippen molar-refractivity contribution in [2.24, 2.45) is 0 Å². The highest BCUT2D eigenvalue weighted by molar-refractivity contribution is 5.84. The lowest BCUT2D eigenvalue weighted by atomic mass is 10.1. The minimum Gasteiger partial charge on any atom is -0.352 e. The van der Waals surface area contributed by atoms with Gasteiger partial charge in [-0.05, 0) is 43.0 Å².